The Hall–Kier alpha value is -1.72. The van der Waals surface area contributed by atoms with Gasteiger partial charge in [0.1, 0.15) is 5.58 Å². The van der Waals surface area contributed by atoms with Crippen molar-refractivity contribution in [1.82, 2.24) is 0 Å². The minimum Gasteiger partial charge on any atom is -0.451 e. The first-order chi connectivity index (χ1) is 13.6. The molecule has 1 aliphatic carbocycles. The molecule has 1 fully saturated rings. The fourth-order valence-corrected chi connectivity index (χ4v) is 5.37. The van der Waals surface area contributed by atoms with Crippen LogP contribution in [0.4, 0.5) is 5.69 Å². The maximum atomic E-state index is 13.0. The van der Waals surface area contributed by atoms with Gasteiger partial charge in [-0.1, -0.05) is 53.4 Å². The molecule has 3 nitrogen and oxygen atoms in total. The van der Waals surface area contributed by atoms with Crippen LogP contribution in [-0.2, 0) is 5.75 Å². The van der Waals surface area contributed by atoms with E-state index >= 15 is 0 Å². The highest BCUT2D eigenvalue weighted by Crippen LogP contribution is 2.35. The second kappa shape index (κ2) is 8.75. The number of hydrogen-bond acceptors (Lipinski definition) is 3. The van der Waals surface area contributed by atoms with Gasteiger partial charge in [0.25, 0.3) is 5.91 Å². The number of fused-ring (bicyclic) bond motifs is 1. The lowest BCUT2D eigenvalue weighted by Crippen LogP contribution is -2.13. The second-order valence-corrected chi connectivity index (χ2v) is 9.54. The van der Waals surface area contributed by atoms with Crippen molar-refractivity contribution in [2.45, 2.75) is 50.0 Å². The van der Waals surface area contributed by atoms with E-state index in [4.69, 9.17) is 4.42 Å². The molecule has 1 amide bonds. The first-order valence-corrected chi connectivity index (χ1v) is 11.7. The van der Waals surface area contributed by atoms with Gasteiger partial charge in [-0.25, -0.2) is 0 Å². The average molecular weight is 458 g/mol. The van der Waals surface area contributed by atoms with Crippen molar-refractivity contribution in [3.05, 3.63) is 63.8 Å². The molecule has 0 saturated heterocycles. The molecule has 5 heteroatoms. The number of hydrogen-bond donors (Lipinski definition) is 1. The van der Waals surface area contributed by atoms with Crippen molar-refractivity contribution in [2.24, 2.45) is 0 Å². The quantitative estimate of drug-likeness (QED) is 0.436. The number of para-hydroxylation sites is 1. The molecule has 0 unspecified atom stereocenters. The van der Waals surface area contributed by atoms with E-state index in [1.807, 2.05) is 55.1 Å². The SMILES string of the molecule is Cc1cc(NC(=O)c2oc3ccccc3c2CSC2CCCCC2)ccc1Br. The third-order valence-electron chi connectivity index (χ3n) is 5.34. The van der Waals surface area contributed by atoms with Crippen molar-refractivity contribution < 1.29 is 9.21 Å². The van der Waals surface area contributed by atoms with Gasteiger partial charge < -0.3 is 9.73 Å². The average Bonchev–Trinajstić information content (AvgIpc) is 3.09. The number of carbonyl (C=O) groups excluding carboxylic acids is 1. The normalized spacial score (nSPS) is 15.1. The maximum absolute atomic E-state index is 13.0. The monoisotopic (exact) mass is 457 g/mol. The van der Waals surface area contributed by atoms with Gasteiger partial charge >= 0.3 is 0 Å². The Morgan fingerprint density at radius 2 is 1.96 bits per heavy atom. The van der Waals surface area contributed by atoms with Crippen LogP contribution in [0.1, 0.15) is 53.8 Å². The highest BCUT2D eigenvalue weighted by molar-refractivity contribution is 9.10. The van der Waals surface area contributed by atoms with Crippen LogP contribution in [0, 0.1) is 6.92 Å². The summed E-state index contributed by atoms with van der Waals surface area (Å²) in [6.45, 7) is 2.01. The van der Waals surface area contributed by atoms with Gasteiger partial charge in [0.15, 0.2) is 5.76 Å². The summed E-state index contributed by atoms with van der Waals surface area (Å²) < 4.78 is 7.02. The molecule has 1 aromatic heterocycles. The molecule has 0 bridgehead atoms. The summed E-state index contributed by atoms with van der Waals surface area (Å²) in [6, 6.07) is 13.7. The van der Waals surface area contributed by atoms with Gasteiger partial charge in [0, 0.05) is 32.1 Å². The number of thioether (sulfide) groups is 1. The number of benzene rings is 2. The summed E-state index contributed by atoms with van der Waals surface area (Å²) in [5.41, 5.74) is 3.64. The van der Waals surface area contributed by atoms with Gasteiger partial charge in [-0.05, 0) is 49.6 Å². The zero-order chi connectivity index (χ0) is 19.5. The van der Waals surface area contributed by atoms with Crippen LogP contribution in [0.15, 0.2) is 51.4 Å². The molecule has 1 saturated carbocycles. The molecule has 0 spiro atoms. The van der Waals surface area contributed by atoms with Crippen molar-refractivity contribution in [3.63, 3.8) is 0 Å². The summed E-state index contributed by atoms with van der Waals surface area (Å²) in [6.07, 6.45) is 6.55. The van der Waals surface area contributed by atoms with Crippen LogP contribution in [0.3, 0.4) is 0 Å². The smallest absolute Gasteiger partial charge is 0.291 e. The summed E-state index contributed by atoms with van der Waals surface area (Å²) >= 11 is 5.47. The zero-order valence-electron chi connectivity index (χ0n) is 16.0. The number of furan rings is 1. The van der Waals surface area contributed by atoms with Crippen LogP contribution in [0.25, 0.3) is 11.0 Å². The molecule has 4 rings (SSSR count). The van der Waals surface area contributed by atoms with E-state index in [0.717, 1.165) is 38.0 Å². The van der Waals surface area contributed by atoms with Crippen LogP contribution >= 0.6 is 27.7 Å². The Kier molecular flexibility index (Phi) is 6.12. The number of carbonyl (C=O) groups is 1. The standard InChI is InChI=1S/C23H24BrNO2S/c1-15-13-16(11-12-20(15)24)25-23(26)22-19(14-28-17-7-3-2-4-8-17)18-9-5-6-10-21(18)27-22/h5-6,9-13,17H,2-4,7-8,14H2,1H3,(H,25,26). The summed E-state index contributed by atoms with van der Waals surface area (Å²) in [5, 5.41) is 4.73. The number of anilines is 1. The predicted molar refractivity (Wildman–Crippen MR) is 121 cm³/mol. The van der Waals surface area contributed by atoms with Gasteiger partial charge in [0.2, 0.25) is 0 Å². The third-order valence-corrected chi connectivity index (χ3v) is 7.62. The largest absolute Gasteiger partial charge is 0.451 e. The Bertz CT molecular complexity index is 991. The molecule has 1 aliphatic rings. The maximum Gasteiger partial charge on any atom is 0.291 e. The number of rotatable bonds is 5. The van der Waals surface area contributed by atoms with Crippen molar-refractivity contribution in [2.75, 3.05) is 5.32 Å². The van der Waals surface area contributed by atoms with Crippen LogP contribution in [0.2, 0.25) is 0 Å². The number of aryl methyl sites for hydroxylation is 1. The summed E-state index contributed by atoms with van der Waals surface area (Å²) in [4.78, 5) is 13.0. The Morgan fingerprint density at radius 1 is 1.18 bits per heavy atom. The van der Waals surface area contributed by atoms with Crippen LogP contribution in [0.5, 0.6) is 0 Å². The molecule has 1 N–H and O–H groups in total. The van der Waals surface area contributed by atoms with E-state index in [1.54, 1.807) is 0 Å². The molecule has 28 heavy (non-hydrogen) atoms. The Balaban J connectivity index is 1.59. The molecule has 3 aromatic rings. The lowest BCUT2D eigenvalue weighted by Gasteiger charge is -2.20. The minimum atomic E-state index is -0.183. The molecular weight excluding hydrogens is 434 g/mol. The van der Waals surface area contributed by atoms with E-state index in [0.29, 0.717) is 11.0 Å². The second-order valence-electron chi connectivity index (χ2n) is 7.40. The molecule has 0 radical (unpaired) electrons. The van der Waals surface area contributed by atoms with Gasteiger partial charge in [-0.15, -0.1) is 0 Å². The predicted octanol–water partition coefficient (Wildman–Crippen LogP) is 7.32. The fourth-order valence-electron chi connectivity index (χ4n) is 3.77. The summed E-state index contributed by atoms with van der Waals surface area (Å²) in [7, 11) is 0. The summed E-state index contributed by atoms with van der Waals surface area (Å²) in [5.74, 6) is 1.06. The van der Waals surface area contributed by atoms with Gasteiger partial charge in [0.05, 0.1) is 0 Å². The molecule has 146 valence electrons. The van der Waals surface area contributed by atoms with E-state index in [2.05, 4.69) is 27.3 Å². The molecule has 2 aromatic carbocycles. The molecule has 1 heterocycles. The lowest BCUT2D eigenvalue weighted by molar-refractivity contribution is 0.0998. The highest BCUT2D eigenvalue weighted by Gasteiger charge is 2.22. The van der Waals surface area contributed by atoms with E-state index in [-0.39, 0.29) is 5.91 Å². The van der Waals surface area contributed by atoms with Crippen molar-refractivity contribution in [1.29, 1.82) is 0 Å². The van der Waals surface area contributed by atoms with Gasteiger partial charge in [-0.3, -0.25) is 4.79 Å². The first kappa shape index (κ1) is 19.6. The third kappa shape index (κ3) is 4.31. The first-order valence-electron chi connectivity index (χ1n) is 9.81. The number of halogens is 1. The molecule has 0 aliphatic heterocycles. The van der Waals surface area contributed by atoms with Crippen molar-refractivity contribution in [3.8, 4) is 0 Å². The number of nitrogens with one attached hydrogen (secondary N) is 1. The molecular formula is C23H24BrNO2S. The van der Waals surface area contributed by atoms with Crippen LogP contribution in [-0.4, -0.2) is 11.2 Å². The van der Waals surface area contributed by atoms with Crippen molar-refractivity contribution >= 4 is 50.3 Å². The zero-order valence-corrected chi connectivity index (χ0v) is 18.4. The van der Waals surface area contributed by atoms with E-state index < -0.39 is 0 Å². The van der Waals surface area contributed by atoms with Gasteiger partial charge in [-0.2, -0.15) is 11.8 Å². The Labute approximate surface area is 178 Å². The fraction of sp³-hybridized carbons (Fsp3) is 0.348. The van der Waals surface area contributed by atoms with Crippen LogP contribution < -0.4 is 5.32 Å². The lowest BCUT2D eigenvalue weighted by atomic mass is 10.0. The van der Waals surface area contributed by atoms with E-state index in [9.17, 15) is 4.79 Å². The highest BCUT2D eigenvalue weighted by atomic mass is 79.9. The topological polar surface area (TPSA) is 42.2 Å². The Morgan fingerprint density at radius 3 is 2.75 bits per heavy atom. The van der Waals surface area contributed by atoms with E-state index in [1.165, 1.54) is 32.1 Å². The molecule has 0 atom stereocenters. The number of amides is 1. The minimum absolute atomic E-state index is 0.183.